The van der Waals surface area contributed by atoms with E-state index in [0.29, 0.717) is 19.6 Å². The Hall–Kier alpha value is -0.970. The normalized spacial score (nSPS) is 16.3. The molecule has 162 valence electrons. The van der Waals surface area contributed by atoms with Gasteiger partial charge in [0.25, 0.3) is 6.43 Å². The molecule has 1 aliphatic rings. The van der Waals surface area contributed by atoms with Crippen LogP contribution in [0.3, 0.4) is 0 Å². The minimum absolute atomic E-state index is 0. The first-order valence-corrected chi connectivity index (χ1v) is 10.1. The predicted octanol–water partition coefficient (Wildman–Crippen LogP) is 2.95. The van der Waals surface area contributed by atoms with Gasteiger partial charge in [0.15, 0.2) is 5.96 Å². The molecule has 1 aliphatic heterocycles. The molecule has 2 N–H and O–H groups in total. The Morgan fingerprint density at radius 2 is 1.89 bits per heavy atom. The summed E-state index contributed by atoms with van der Waals surface area (Å²) in [5.41, 5.74) is 3.55. The summed E-state index contributed by atoms with van der Waals surface area (Å²) in [6, 6.07) is 0.266. The second-order valence-corrected chi connectivity index (χ2v) is 7.01. The molecule has 0 saturated carbocycles. The van der Waals surface area contributed by atoms with E-state index in [1.165, 1.54) is 11.3 Å². The summed E-state index contributed by atoms with van der Waals surface area (Å²) in [6.07, 6.45) is 1.27. The Bertz CT molecular complexity index is 612. The molecule has 0 aromatic carbocycles. The van der Waals surface area contributed by atoms with Crippen LogP contribution < -0.4 is 10.6 Å². The van der Waals surface area contributed by atoms with Crippen LogP contribution in [-0.2, 0) is 26.4 Å². The van der Waals surface area contributed by atoms with Crippen molar-refractivity contribution >= 4 is 29.9 Å². The van der Waals surface area contributed by atoms with E-state index in [1.54, 1.807) is 0 Å². The number of likely N-dealkylation sites (tertiary alicyclic amines) is 1. The van der Waals surface area contributed by atoms with Crippen molar-refractivity contribution in [1.29, 1.82) is 0 Å². The fraction of sp³-hybridized carbons (Fsp3) is 0.789. The molecule has 6 nitrogen and oxygen atoms in total. The van der Waals surface area contributed by atoms with Crippen LogP contribution in [0.5, 0.6) is 0 Å². The maximum Gasteiger partial charge on any atom is 0.251 e. The lowest BCUT2D eigenvalue weighted by Gasteiger charge is -2.32. The maximum absolute atomic E-state index is 12.5. The van der Waals surface area contributed by atoms with Crippen molar-refractivity contribution in [3.05, 3.63) is 17.0 Å². The average molecular weight is 512 g/mol. The lowest BCUT2D eigenvalue weighted by atomic mass is 10.1. The summed E-state index contributed by atoms with van der Waals surface area (Å²) in [4.78, 5) is 6.62. The van der Waals surface area contributed by atoms with Crippen molar-refractivity contribution in [2.24, 2.45) is 12.0 Å². The number of guanidine groups is 1. The van der Waals surface area contributed by atoms with E-state index in [9.17, 15) is 8.78 Å². The number of aryl methyl sites for hydroxylation is 2. The number of piperidine rings is 1. The quantitative estimate of drug-likeness (QED) is 0.320. The zero-order chi connectivity index (χ0) is 19.8. The van der Waals surface area contributed by atoms with Crippen LogP contribution in [0.4, 0.5) is 8.78 Å². The number of aromatic nitrogens is 2. The van der Waals surface area contributed by atoms with Gasteiger partial charge in [-0.1, -0.05) is 13.8 Å². The number of hydrogen-bond acceptors (Lipinski definition) is 3. The number of rotatable bonds is 8. The highest BCUT2D eigenvalue weighted by Crippen LogP contribution is 2.17. The van der Waals surface area contributed by atoms with Crippen molar-refractivity contribution < 1.29 is 8.78 Å². The zero-order valence-corrected chi connectivity index (χ0v) is 19.8. The Morgan fingerprint density at radius 3 is 2.43 bits per heavy atom. The molecule has 0 spiro atoms. The van der Waals surface area contributed by atoms with Gasteiger partial charge in [0.1, 0.15) is 0 Å². The van der Waals surface area contributed by atoms with Crippen LogP contribution >= 0.6 is 24.0 Å². The van der Waals surface area contributed by atoms with E-state index in [1.807, 2.05) is 23.6 Å². The van der Waals surface area contributed by atoms with Crippen molar-refractivity contribution in [2.45, 2.75) is 65.5 Å². The lowest BCUT2D eigenvalue weighted by Crippen LogP contribution is -2.49. The second-order valence-electron chi connectivity index (χ2n) is 7.01. The molecule has 0 aliphatic carbocycles. The molecule has 0 amide bonds. The van der Waals surface area contributed by atoms with Gasteiger partial charge in [-0.15, -0.1) is 24.0 Å². The zero-order valence-electron chi connectivity index (χ0n) is 17.5. The molecule has 0 radical (unpaired) electrons. The minimum atomic E-state index is -2.26. The first kappa shape index (κ1) is 25.1. The van der Waals surface area contributed by atoms with Gasteiger partial charge in [0, 0.05) is 44.0 Å². The number of aliphatic imine (C=N–C) groups is 1. The van der Waals surface area contributed by atoms with E-state index in [0.717, 1.165) is 43.9 Å². The highest BCUT2D eigenvalue weighted by atomic mass is 127. The molecule has 28 heavy (non-hydrogen) atoms. The number of halogens is 3. The van der Waals surface area contributed by atoms with Crippen LogP contribution in [0.1, 0.15) is 50.6 Å². The van der Waals surface area contributed by atoms with Gasteiger partial charge in [-0.05, 0) is 32.6 Å². The monoisotopic (exact) mass is 512 g/mol. The molecule has 2 rings (SSSR count). The number of nitrogens with zero attached hydrogens (tertiary/aromatic N) is 4. The number of nitrogens with one attached hydrogen (secondary N) is 2. The first-order valence-electron chi connectivity index (χ1n) is 10.1. The second kappa shape index (κ2) is 12.6. The molecule has 0 bridgehead atoms. The molecule has 9 heteroatoms. The molecular weight excluding hydrogens is 477 g/mol. The summed E-state index contributed by atoms with van der Waals surface area (Å²) in [6.45, 7) is 8.95. The fourth-order valence-electron chi connectivity index (χ4n) is 3.70. The van der Waals surface area contributed by atoms with Gasteiger partial charge in [-0.25, -0.2) is 13.8 Å². The van der Waals surface area contributed by atoms with E-state index in [4.69, 9.17) is 4.99 Å². The fourth-order valence-corrected chi connectivity index (χ4v) is 3.70. The Labute approximate surface area is 184 Å². The van der Waals surface area contributed by atoms with Gasteiger partial charge in [0.2, 0.25) is 0 Å². The van der Waals surface area contributed by atoms with Crippen molar-refractivity contribution in [3.8, 4) is 0 Å². The highest BCUT2D eigenvalue weighted by molar-refractivity contribution is 14.0. The van der Waals surface area contributed by atoms with Crippen LogP contribution in [-0.4, -0.2) is 59.3 Å². The maximum atomic E-state index is 12.5. The van der Waals surface area contributed by atoms with Crippen molar-refractivity contribution in [2.75, 3.05) is 26.2 Å². The van der Waals surface area contributed by atoms with E-state index in [-0.39, 0.29) is 36.6 Å². The molecule has 1 saturated heterocycles. The number of hydrogen-bond donors (Lipinski definition) is 2. The average Bonchev–Trinajstić information content (AvgIpc) is 2.95. The molecule has 1 aromatic heterocycles. The summed E-state index contributed by atoms with van der Waals surface area (Å²) in [5, 5.41) is 11.4. The van der Waals surface area contributed by atoms with Crippen LogP contribution in [0.15, 0.2) is 4.99 Å². The Balaban J connectivity index is 0.00000392. The van der Waals surface area contributed by atoms with Gasteiger partial charge in [-0.2, -0.15) is 5.10 Å². The summed E-state index contributed by atoms with van der Waals surface area (Å²) >= 11 is 0. The lowest BCUT2D eigenvalue weighted by molar-refractivity contribution is 0.0744. The van der Waals surface area contributed by atoms with Gasteiger partial charge in [0.05, 0.1) is 18.8 Å². The van der Waals surface area contributed by atoms with E-state index < -0.39 is 6.43 Å². The van der Waals surface area contributed by atoms with E-state index >= 15 is 0 Å². The van der Waals surface area contributed by atoms with Crippen LogP contribution in [0, 0.1) is 0 Å². The molecular formula is C19H35F2IN6. The molecule has 0 atom stereocenters. The third-order valence-electron chi connectivity index (χ3n) is 5.09. The van der Waals surface area contributed by atoms with Gasteiger partial charge < -0.3 is 10.6 Å². The standard InChI is InChI=1S/C19H34F2N6.HI/c1-5-16-15(17(6-2)26(4)25-16)12-23-19(22-7-3)24-14-8-10-27(11-9-14)13-18(20)21;/h14,18H,5-13H2,1-4H3,(H2,22,23,24);1H. The van der Waals surface area contributed by atoms with Crippen LogP contribution in [0.2, 0.25) is 0 Å². The smallest absolute Gasteiger partial charge is 0.251 e. The molecule has 1 aromatic rings. The molecule has 0 unspecified atom stereocenters. The molecule has 2 heterocycles. The third kappa shape index (κ3) is 7.13. The van der Waals surface area contributed by atoms with Crippen LogP contribution in [0.25, 0.3) is 0 Å². The largest absolute Gasteiger partial charge is 0.357 e. The van der Waals surface area contributed by atoms with Gasteiger partial charge in [-0.3, -0.25) is 9.58 Å². The van der Waals surface area contributed by atoms with Gasteiger partial charge >= 0.3 is 0 Å². The molecule has 1 fully saturated rings. The first-order chi connectivity index (χ1) is 13.0. The number of alkyl halides is 2. The Morgan fingerprint density at radius 1 is 1.21 bits per heavy atom. The topological polar surface area (TPSA) is 57.5 Å². The summed E-state index contributed by atoms with van der Waals surface area (Å²) in [7, 11) is 1.99. The highest BCUT2D eigenvalue weighted by Gasteiger charge is 2.22. The van der Waals surface area contributed by atoms with Crippen molar-refractivity contribution in [3.63, 3.8) is 0 Å². The minimum Gasteiger partial charge on any atom is -0.357 e. The van der Waals surface area contributed by atoms with Crippen molar-refractivity contribution in [1.82, 2.24) is 25.3 Å². The summed E-state index contributed by atoms with van der Waals surface area (Å²) < 4.78 is 27.0. The predicted molar refractivity (Wildman–Crippen MR) is 121 cm³/mol. The SMILES string of the molecule is CCNC(=NCc1c(CC)nn(C)c1CC)NC1CCN(CC(F)F)CC1.I. The third-order valence-corrected chi connectivity index (χ3v) is 5.09. The Kier molecular flexibility index (Phi) is 11.2. The summed E-state index contributed by atoms with van der Waals surface area (Å²) in [5.74, 6) is 0.790. The van der Waals surface area contributed by atoms with E-state index in [2.05, 4.69) is 29.6 Å².